The SMILES string of the molecule is CCN(CC)c1ncc(NCCS(=O)(=O)c2ccc(F)cc2F)c(NC(Cc2ccc(OC(=O)N(C)C)cc2)C(=O)O)n1. The van der Waals surface area contributed by atoms with Crippen LogP contribution in [0.1, 0.15) is 19.4 Å². The third kappa shape index (κ3) is 8.98. The van der Waals surface area contributed by atoms with E-state index < -0.39 is 50.2 Å². The van der Waals surface area contributed by atoms with Crippen LogP contribution in [0.2, 0.25) is 0 Å². The number of rotatable bonds is 14. The van der Waals surface area contributed by atoms with Gasteiger partial charge in [0.2, 0.25) is 5.95 Å². The molecule has 3 rings (SSSR count). The molecule has 1 unspecified atom stereocenters. The van der Waals surface area contributed by atoms with Crippen molar-refractivity contribution >= 4 is 39.4 Å². The molecule has 0 aliphatic rings. The first-order valence-corrected chi connectivity index (χ1v) is 15.0. The van der Waals surface area contributed by atoms with Crippen molar-refractivity contribution in [3.8, 4) is 5.75 Å². The molecule has 0 fully saturated rings. The fourth-order valence-electron chi connectivity index (χ4n) is 3.91. The summed E-state index contributed by atoms with van der Waals surface area (Å²) in [5.74, 6) is -3.06. The van der Waals surface area contributed by atoms with Crippen LogP contribution < -0.4 is 20.3 Å². The maximum Gasteiger partial charge on any atom is 0.414 e. The molecule has 0 spiro atoms. The number of carbonyl (C=O) groups excluding carboxylic acids is 1. The van der Waals surface area contributed by atoms with Gasteiger partial charge >= 0.3 is 12.1 Å². The van der Waals surface area contributed by atoms with Gasteiger partial charge in [-0.2, -0.15) is 4.98 Å². The fourth-order valence-corrected chi connectivity index (χ4v) is 5.14. The van der Waals surface area contributed by atoms with Gasteiger partial charge in [-0.3, -0.25) is 0 Å². The van der Waals surface area contributed by atoms with Crippen molar-refractivity contribution in [3.63, 3.8) is 0 Å². The van der Waals surface area contributed by atoms with Crippen molar-refractivity contribution in [2.75, 3.05) is 55.0 Å². The zero-order valence-corrected chi connectivity index (χ0v) is 25.0. The number of aliphatic carboxylic acids is 1. The lowest BCUT2D eigenvalue weighted by Gasteiger charge is -2.22. The Morgan fingerprint density at radius 3 is 2.33 bits per heavy atom. The van der Waals surface area contributed by atoms with E-state index in [1.165, 1.54) is 11.1 Å². The Morgan fingerprint density at radius 1 is 1.07 bits per heavy atom. The Bertz CT molecular complexity index is 1540. The van der Waals surface area contributed by atoms with E-state index in [9.17, 15) is 31.9 Å². The minimum absolute atomic E-state index is 0.0273. The van der Waals surface area contributed by atoms with Crippen LogP contribution >= 0.6 is 0 Å². The van der Waals surface area contributed by atoms with Crippen LogP contribution in [0.4, 0.5) is 31.0 Å². The summed E-state index contributed by atoms with van der Waals surface area (Å²) in [5, 5.41) is 15.8. The summed E-state index contributed by atoms with van der Waals surface area (Å²) in [4.78, 5) is 35.3. The first-order chi connectivity index (χ1) is 20.3. The van der Waals surface area contributed by atoms with E-state index in [-0.39, 0.29) is 24.5 Å². The van der Waals surface area contributed by atoms with Crippen molar-refractivity contribution < 1.29 is 36.6 Å². The van der Waals surface area contributed by atoms with E-state index in [0.29, 0.717) is 36.4 Å². The van der Waals surface area contributed by atoms with Crippen LogP contribution in [0, 0.1) is 11.6 Å². The lowest BCUT2D eigenvalue weighted by atomic mass is 10.1. The summed E-state index contributed by atoms with van der Waals surface area (Å²) in [6.07, 6.45) is 0.877. The molecule has 1 amide bonds. The number of carboxylic acid groups (broad SMARTS) is 1. The Morgan fingerprint density at radius 2 is 1.74 bits per heavy atom. The second-order valence-electron chi connectivity index (χ2n) is 9.57. The molecule has 1 heterocycles. The van der Waals surface area contributed by atoms with Crippen LogP contribution in [0.5, 0.6) is 5.75 Å². The summed E-state index contributed by atoms with van der Waals surface area (Å²) in [7, 11) is -1.02. The molecule has 3 N–H and O–H groups in total. The zero-order valence-electron chi connectivity index (χ0n) is 24.2. The predicted octanol–water partition coefficient (Wildman–Crippen LogP) is 3.66. The summed E-state index contributed by atoms with van der Waals surface area (Å²) in [6.45, 7) is 4.78. The number of ether oxygens (including phenoxy) is 1. The van der Waals surface area contributed by atoms with Crippen LogP contribution in [0.25, 0.3) is 0 Å². The number of halogens is 2. The Labute approximate surface area is 248 Å². The Kier molecular flexibility index (Phi) is 11.2. The van der Waals surface area contributed by atoms with Gasteiger partial charge in [0.05, 0.1) is 17.6 Å². The largest absolute Gasteiger partial charge is 0.480 e. The smallest absolute Gasteiger partial charge is 0.414 e. The first-order valence-electron chi connectivity index (χ1n) is 13.4. The number of aromatic nitrogens is 2. The van der Waals surface area contributed by atoms with E-state index in [2.05, 4.69) is 20.6 Å². The van der Waals surface area contributed by atoms with E-state index in [1.54, 1.807) is 38.4 Å². The second-order valence-corrected chi connectivity index (χ2v) is 11.6. The molecule has 232 valence electrons. The monoisotopic (exact) mass is 620 g/mol. The first kappa shape index (κ1) is 33.0. The van der Waals surface area contributed by atoms with Crippen LogP contribution in [0.15, 0.2) is 53.6 Å². The molecule has 0 aliphatic carbocycles. The van der Waals surface area contributed by atoms with E-state index in [0.717, 1.165) is 12.1 Å². The molecule has 43 heavy (non-hydrogen) atoms. The lowest BCUT2D eigenvalue weighted by molar-refractivity contribution is -0.137. The molecule has 3 aromatic rings. The number of hydrogen-bond acceptors (Lipinski definition) is 10. The van der Waals surface area contributed by atoms with E-state index >= 15 is 0 Å². The number of amides is 1. The highest BCUT2D eigenvalue weighted by Gasteiger charge is 2.23. The summed E-state index contributed by atoms with van der Waals surface area (Å²) in [5.41, 5.74) is 0.854. The van der Waals surface area contributed by atoms with Crippen LogP contribution in [0.3, 0.4) is 0 Å². The van der Waals surface area contributed by atoms with Gasteiger partial charge in [-0.15, -0.1) is 0 Å². The molecular weight excluding hydrogens is 586 g/mol. The molecule has 1 aromatic heterocycles. The summed E-state index contributed by atoms with van der Waals surface area (Å²) >= 11 is 0. The average molecular weight is 621 g/mol. The molecule has 12 nitrogen and oxygen atoms in total. The van der Waals surface area contributed by atoms with Crippen molar-refractivity contribution in [2.24, 2.45) is 0 Å². The molecule has 2 aromatic carbocycles. The highest BCUT2D eigenvalue weighted by molar-refractivity contribution is 7.91. The highest BCUT2D eigenvalue weighted by atomic mass is 32.2. The number of carbonyl (C=O) groups is 2. The quantitative estimate of drug-likeness (QED) is 0.226. The third-order valence-corrected chi connectivity index (χ3v) is 8.02. The highest BCUT2D eigenvalue weighted by Crippen LogP contribution is 2.24. The lowest BCUT2D eigenvalue weighted by Crippen LogP contribution is -2.33. The standard InChI is InChI=1S/C28H34F2N6O6S/c1-5-36(6-2)27-32-17-23(31-13-14-43(40,41)24-12-9-19(29)16-21(24)30)25(34-27)33-22(26(37)38)15-18-7-10-20(11-8-18)42-28(39)35(3)4/h7-12,16-17,22,31H,5-6,13-15H2,1-4H3,(H,37,38)(H,32,33,34). The van der Waals surface area contributed by atoms with Gasteiger partial charge in [0.25, 0.3) is 0 Å². The molecule has 0 bridgehead atoms. The number of carboxylic acids is 1. The maximum atomic E-state index is 14.1. The van der Waals surface area contributed by atoms with Crippen LogP contribution in [-0.2, 0) is 21.1 Å². The van der Waals surface area contributed by atoms with Gasteiger partial charge in [-0.25, -0.2) is 31.8 Å². The molecule has 0 radical (unpaired) electrons. The molecule has 0 saturated carbocycles. The topological polar surface area (TPSA) is 154 Å². The third-order valence-electron chi connectivity index (χ3n) is 6.28. The average Bonchev–Trinajstić information content (AvgIpc) is 2.94. The van der Waals surface area contributed by atoms with Gasteiger partial charge in [-0.1, -0.05) is 12.1 Å². The molecule has 1 atom stereocenters. The van der Waals surface area contributed by atoms with E-state index in [1.807, 2.05) is 18.7 Å². The molecule has 15 heteroatoms. The number of anilines is 3. The summed E-state index contributed by atoms with van der Waals surface area (Å²) < 4.78 is 57.9. The summed E-state index contributed by atoms with van der Waals surface area (Å²) in [6, 6.07) is 7.44. The Balaban J connectivity index is 1.82. The van der Waals surface area contributed by atoms with E-state index in [4.69, 9.17) is 4.74 Å². The maximum absolute atomic E-state index is 14.1. The minimum atomic E-state index is -4.12. The van der Waals surface area contributed by atoms with Crippen molar-refractivity contribution in [2.45, 2.75) is 31.2 Å². The van der Waals surface area contributed by atoms with Gasteiger partial charge < -0.3 is 30.3 Å². The predicted molar refractivity (Wildman–Crippen MR) is 157 cm³/mol. The van der Waals surface area contributed by atoms with Gasteiger partial charge in [-0.05, 0) is 43.7 Å². The van der Waals surface area contributed by atoms with Gasteiger partial charge in [0, 0.05) is 46.2 Å². The molecular formula is C28H34F2N6O6S. The van der Waals surface area contributed by atoms with Crippen molar-refractivity contribution in [3.05, 3.63) is 65.9 Å². The van der Waals surface area contributed by atoms with Gasteiger partial charge in [0.1, 0.15) is 28.3 Å². The van der Waals surface area contributed by atoms with Crippen LogP contribution in [-0.4, -0.2) is 86.0 Å². The Hall–Kier alpha value is -4.53. The van der Waals surface area contributed by atoms with Gasteiger partial charge in [0.15, 0.2) is 15.7 Å². The number of nitrogens with zero attached hydrogens (tertiary/aromatic N) is 4. The fraction of sp³-hybridized carbons (Fsp3) is 0.357. The van der Waals surface area contributed by atoms with Crippen molar-refractivity contribution in [1.29, 1.82) is 0 Å². The number of sulfone groups is 1. The molecule has 0 aliphatic heterocycles. The minimum Gasteiger partial charge on any atom is -0.480 e. The van der Waals surface area contributed by atoms with Crippen molar-refractivity contribution in [1.82, 2.24) is 14.9 Å². The second kappa shape index (κ2) is 14.6. The number of nitrogens with one attached hydrogen (secondary N) is 2. The number of benzene rings is 2. The zero-order chi connectivity index (χ0) is 31.7. The normalized spacial score (nSPS) is 11.9. The number of hydrogen-bond donors (Lipinski definition) is 3. The molecule has 0 saturated heterocycles.